The van der Waals surface area contributed by atoms with Gasteiger partial charge in [0, 0.05) is 5.02 Å². The summed E-state index contributed by atoms with van der Waals surface area (Å²) >= 11 is 5.99. The number of nitrogens with two attached hydrogens (primary N) is 1. The van der Waals surface area contributed by atoms with Crippen molar-refractivity contribution in [2.75, 3.05) is 26.4 Å². The van der Waals surface area contributed by atoms with Crippen molar-refractivity contribution in [3.8, 4) is 5.75 Å². The van der Waals surface area contributed by atoms with Crippen molar-refractivity contribution in [1.82, 2.24) is 0 Å². The largest absolute Gasteiger partial charge is 0.491 e. The first-order chi connectivity index (χ1) is 9.54. The first kappa shape index (κ1) is 17.3. The Bertz CT molecular complexity index is 386. The predicted molar refractivity (Wildman–Crippen MR) is 83.8 cm³/mol. The highest BCUT2D eigenvalue weighted by atomic mass is 35.5. The molecule has 2 N–H and O–H groups in total. The van der Waals surface area contributed by atoms with Crippen molar-refractivity contribution in [3.63, 3.8) is 0 Å². The van der Waals surface area contributed by atoms with Gasteiger partial charge in [0.25, 0.3) is 0 Å². The number of benzene rings is 1. The minimum atomic E-state index is 0.576. The lowest BCUT2D eigenvalue weighted by Gasteiger charge is -2.13. The zero-order chi connectivity index (χ0) is 15.0. The van der Waals surface area contributed by atoms with Crippen molar-refractivity contribution >= 4 is 11.6 Å². The van der Waals surface area contributed by atoms with E-state index in [1.165, 1.54) is 6.42 Å². The van der Waals surface area contributed by atoms with Gasteiger partial charge in [-0.3, -0.25) is 0 Å². The molecule has 0 radical (unpaired) electrons. The van der Waals surface area contributed by atoms with Crippen LogP contribution in [0.2, 0.25) is 5.02 Å². The Morgan fingerprint density at radius 2 is 1.80 bits per heavy atom. The van der Waals surface area contributed by atoms with Gasteiger partial charge in [0.2, 0.25) is 0 Å². The summed E-state index contributed by atoms with van der Waals surface area (Å²) in [4.78, 5) is 0. The fraction of sp³-hybridized carbons (Fsp3) is 0.625. The number of hydrogen-bond donors (Lipinski definition) is 1. The summed E-state index contributed by atoms with van der Waals surface area (Å²) in [5.74, 6) is 0.921. The molecule has 0 aromatic heterocycles. The van der Waals surface area contributed by atoms with E-state index in [0.29, 0.717) is 19.3 Å². The van der Waals surface area contributed by atoms with E-state index >= 15 is 0 Å². The molecule has 4 heteroatoms. The summed E-state index contributed by atoms with van der Waals surface area (Å²) in [6.07, 6.45) is 1.19. The fourth-order valence-electron chi connectivity index (χ4n) is 2.03. The molecule has 0 heterocycles. The molecule has 1 rings (SSSR count). The maximum absolute atomic E-state index is 5.99. The summed E-state index contributed by atoms with van der Waals surface area (Å²) in [6.45, 7) is 11.4. The molecule has 1 aromatic rings. The van der Waals surface area contributed by atoms with Crippen LogP contribution in [0.1, 0.15) is 31.4 Å². The van der Waals surface area contributed by atoms with Crippen LogP contribution in [0.3, 0.4) is 0 Å². The van der Waals surface area contributed by atoms with Crippen molar-refractivity contribution in [2.24, 2.45) is 0 Å². The van der Waals surface area contributed by atoms with E-state index < -0.39 is 0 Å². The van der Waals surface area contributed by atoms with Crippen LogP contribution in [-0.2, 0) is 4.74 Å². The fourth-order valence-corrected chi connectivity index (χ4v) is 2.36. The number of halogens is 1. The Morgan fingerprint density at radius 1 is 1.15 bits per heavy atom. The third kappa shape index (κ3) is 6.12. The van der Waals surface area contributed by atoms with Gasteiger partial charge in [0.1, 0.15) is 12.4 Å². The second-order valence-corrected chi connectivity index (χ2v) is 5.68. The molecule has 0 spiro atoms. The first-order valence-electron chi connectivity index (χ1n) is 7.35. The molecule has 0 unspecified atom stereocenters. The molecule has 0 aliphatic carbocycles. The standard InChI is InChI=1S/C16H26ClNO2/c1-5-14(4)18-6-7-19-8-9-20-16-12(2)10-15(17)11-13(16)3/h10-11,14,18H,5-9H2,1-4H3/p+1/t14-/m1/s1. The maximum atomic E-state index is 5.99. The van der Waals surface area contributed by atoms with Gasteiger partial charge >= 0.3 is 0 Å². The van der Waals surface area contributed by atoms with Crippen LogP contribution in [0.5, 0.6) is 5.75 Å². The van der Waals surface area contributed by atoms with Gasteiger partial charge in [0.15, 0.2) is 0 Å². The van der Waals surface area contributed by atoms with Crippen LogP contribution in [-0.4, -0.2) is 32.4 Å². The zero-order valence-corrected chi connectivity index (χ0v) is 13.8. The highest BCUT2D eigenvalue weighted by molar-refractivity contribution is 6.30. The van der Waals surface area contributed by atoms with Crippen LogP contribution in [0.25, 0.3) is 0 Å². The minimum absolute atomic E-state index is 0.576. The van der Waals surface area contributed by atoms with Crippen LogP contribution in [0.4, 0.5) is 0 Å². The number of hydrogen-bond acceptors (Lipinski definition) is 2. The lowest BCUT2D eigenvalue weighted by atomic mass is 10.1. The molecular weight excluding hydrogens is 274 g/mol. The summed E-state index contributed by atoms with van der Waals surface area (Å²) in [7, 11) is 0. The van der Waals surface area contributed by atoms with Gasteiger partial charge in [-0.15, -0.1) is 0 Å². The Labute approximate surface area is 127 Å². The second kappa shape index (κ2) is 9.22. The van der Waals surface area contributed by atoms with Gasteiger partial charge < -0.3 is 14.8 Å². The average Bonchev–Trinajstić information content (AvgIpc) is 2.39. The van der Waals surface area contributed by atoms with Crippen LogP contribution in [0, 0.1) is 13.8 Å². The van der Waals surface area contributed by atoms with E-state index in [2.05, 4.69) is 19.2 Å². The monoisotopic (exact) mass is 300 g/mol. The first-order valence-corrected chi connectivity index (χ1v) is 7.73. The quantitative estimate of drug-likeness (QED) is 0.712. The Balaban J connectivity index is 2.19. The summed E-state index contributed by atoms with van der Waals surface area (Å²) in [6, 6.07) is 4.52. The molecule has 0 aliphatic rings. The van der Waals surface area contributed by atoms with Gasteiger partial charge in [0.05, 0.1) is 25.8 Å². The Kier molecular flexibility index (Phi) is 7.97. The van der Waals surface area contributed by atoms with Crippen molar-refractivity contribution < 1.29 is 14.8 Å². The Hall–Kier alpha value is -0.770. The topological polar surface area (TPSA) is 35.1 Å². The van der Waals surface area contributed by atoms with E-state index in [4.69, 9.17) is 21.1 Å². The molecule has 1 atom stereocenters. The normalized spacial score (nSPS) is 12.4. The van der Waals surface area contributed by atoms with E-state index in [0.717, 1.165) is 35.1 Å². The smallest absolute Gasteiger partial charge is 0.125 e. The van der Waals surface area contributed by atoms with E-state index in [1.54, 1.807) is 0 Å². The molecule has 0 amide bonds. The lowest BCUT2D eigenvalue weighted by molar-refractivity contribution is -0.687. The number of quaternary nitrogens is 1. The molecule has 0 saturated heterocycles. The third-order valence-corrected chi connectivity index (χ3v) is 3.59. The van der Waals surface area contributed by atoms with Gasteiger partial charge in [-0.1, -0.05) is 18.5 Å². The molecule has 0 bridgehead atoms. The van der Waals surface area contributed by atoms with Gasteiger partial charge in [-0.25, -0.2) is 0 Å². The van der Waals surface area contributed by atoms with Crippen LogP contribution < -0.4 is 10.1 Å². The molecule has 0 fully saturated rings. The van der Waals surface area contributed by atoms with E-state index in [9.17, 15) is 0 Å². The van der Waals surface area contributed by atoms with Crippen molar-refractivity contribution in [3.05, 3.63) is 28.3 Å². The number of aryl methyl sites for hydroxylation is 2. The minimum Gasteiger partial charge on any atom is -0.491 e. The van der Waals surface area contributed by atoms with E-state index in [-0.39, 0.29) is 0 Å². The van der Waals surface area contributed by atoms with Crippen molar-refractivity contribution in [2.45, 2.75) is 40.2 Å². The number of rotatable bonds is 9. The summed E-state index contributed by atoms with van der Waals surface area (Å²) in [5, 5.41) is 3.07. The molecule has 0 aliphatic heterocycles. The lowest BCUT2D eigenvalue weighted by Crippen LogP contribution is -2.90. The molecule has 0 saturated carbocycles. The maximum Gasteiger partial charge on any atom is 0.125 e. The molecule has 20 heavy (non-hydrogen) atoms. The van der Waals surface area contributed by atoms with E-state index in [1.807, 2.05) is 26.0 Å². The molecule has 1 aromatic carbocycles. The summed E-state index contributed by atoms with van der Waals surface area (Å²) < 4.78 is 11.3. The Morgan fingerprint density at radius 3 is 2.40 bits per heavy atom. The van der Waals surface area contributed by atoms with Crippen LogP contribution in [0.15, 0.2) is 12.1 Å². The van der Waals surface area contributed by atoms with Crippen LogP contribution >= 0.6 is 11.6 Å². The van der Waals surface area contributed by atoms with Gasteiger partial charge in [-0.2, -0.15) is 0 Å². The molecular formula is C16H27ClNO2+. The average molecular weight is 301 g/mol. The highest BCUT2D eigenvalue weighted by Crippen LogP contribution is 2.26. The second-order valence-electron chi connectivity index (χ2n) is 5.24. The molecule has 114 valence electrons. The van der Waals surface area contributed by atoms with Gasteiger partial charge in [-0.05, 0) is 50.5 Å². The summed E-state index contributed by atoms with van der Waals surface area (Å²) in [5.41, 5.74) is 2.14. The predicted octanol–water partition coefficient (Wildman–Crippen LogP) is 2.71. The SMILES string of the molecule is CC[C@@H](C)[NH2+]CCOCCOc1c(C)cc(Cl)cc1C. The number of ether oxygens (including phenoxy) is 2. The van der Waals surface area contributed by atoms with Crippen molar-refractivity contribution in [1.29, 1.82) is 0 Å². The highest BCUT2D eigenvalue weighted by Gasteiger charge is 2.05. The zero-order valence-electron chi connectivity index (χ0n) is 13.0. The third-order valence-electron chi connectivity index (χ3n) is 3.37. The molecule has 3 nitrogen and oxygen atoms in total.